The topological polar surface area (TPSA) is 49.4 Å². The van der Waals surface area contributed by atoms with Gasteiger partial charge in [0, 0.05) is 35.2 Å². The third-order valence-electron chi connectivity index (χ3n) is 4.37. The highest BCUT2D eigenvalue weighted by Crippen LogP contribution is 2.22. The summed E-state index contributed by atoms with van der Waals surface area (Å²) >= 11 is 12.0. The molecule has 0 aromatic heterocycles. The van der Waals surface area contributed by atoms with Crippen LogP contribution in [0.15, 0.2) is 42.5 Å². The molecular weight excluding hydrogens is 371 g/mol. The molecule has 0 unspecified atom stereocenters. The van der Waals surface area contributed by atoms with E-state index in [9.17, 15) is 9.59 Å². The molecule has 6 heteroatoms. The van der Waals surface area contributed by atoms with E-state index in [4.69, 9.17) is 23.2 Å². The van der Waals surface area contributed by atoms with Crippen molar-refractivity contribution in [1.82, 2.24) is 4.90 Å². The predicted octanol–water partition coefficient (Wildman–Crippen LogP) is 4.69. The summed E-state index contributed by atoms with van der Waals surface area (Å²) in [6.45, 7) is 1.37. The van der Waals surface area contributed by atoms with Crippen molar-refractivity contribution in [2.75, 3.05) is 11.9 Å². The Kier molecular flexibility index (Phi) is 6.17. The molecule has 0 aliphatic carbocycles. The molecule has 0 spiro atoms. The third-order valence-corrected chi connectivity index (χ3v) is 4.96. The van der Waals surface area contributed by atoms with E-state index in [1.165, 1.54) is 0 Å². The fraction of sp³-hybridized carbons (Fsp3) is 0.300. The van der Waals surface area contributed by atoms with Crippen LogP contribution in [0.4, 0.5) is 5.69 Å². The third kappa shape index (κ3) is 4.99. The van der Waals surface area contributed by atoms with E-state index in [1.54, 1.807) is 18.2 Å². The number of amides is 2. The second-order valence-corrected chi connectivity index (χ2v) is 7.28. The van der Waals surface area contributed by atoms with E-state index >= 15 is 0 Å². The first kappa shape index (κ1) is 18.7. The molecule has 0 saturated carbocycles. The van der Waals surface area contributed by atoms with E-state index in [0.29, 0.717) is 28.7 Å². The number of likely N-dealkylation sites (tertiary alicyclic amines) is 1. The molecule has 136 valence electrons. The molecule has 2 aromatic carbocycles. The summed E-state index contributed by atoms with van der Waals surface area (Å²) < 4.78 is 0. The number of nitrogens with one attached hydrogen (secondary N) is 1. The lowest BCUT2D eigenvalue weighted by Gasteiger charge is -2.26. The van der Waals surface area contributed by atoms with Gasteiger partial charge in [-0.15, -0.1) is 0 Å². The van der Waals surface area contributed by atoms with Crippen molar-refractivity contribution in [3.63, 3.8) is 0 Å². The van der Waals surface area contributed by atoms with Gasteiger partial charge >= 0.3 is 0 Å². The van der Waals surface area contributed by atoms with Crippen LogP contribution < -0.4 is 5.32 Å². The van der Waals surface area contributed by atoms with E-state index in [1.807, 2.05) is 29.2 Å². The van der Waals surface area contributed by atoms with Gasteiger partial charge in [0.05, 0.1) is 6.42 Å². The van der Waals surface area contributed by atoms with Crippen LogP contribution in [0, 0.1) is 0 Å². The Morgan fingerprint density at radius 2 is 1.96 bits per heavy atom. The number of hydrogen-bond donors (Lipinski definition) is 1. The zero-order valence-corrected chi connectivity index (χ0v) is 15.8. The summed E-state index contributed by atoms with van der Waals surface area (Å²) in [5, 5.41) is 3.90. The minimum Gasteiger partial charge on any atom is -0.338 e. The molecule has 1 aliphatic rings. The molecule has 4 nitrogen and oxygen atoms in total. The Labute approximate surface area is 163 Å². The number of hydrogen-bond acceptors (Lipinski definition) is 2. The Balaban J connectivity index is 1.62. The molecule has 1 heterocycles. The minimum absolute atomic E-state index is 0.152. The first-order valence-electron chi connectivity index (χ1n) is 8.62. The van der Waals surface area contributed by atoms with Crippen molar-refractivity contribution in [2.24, 2.45) is 0 Å². The maximum absolute atomic E-state index is 12.3. The largest absolute Gasteiger partial charge is 0.338 e. The van der Waals surface area contributed by atoms with Crippen LogP contribution in [0.1, 0.15) is 30.4 Å². The number of benzene rings is 2. The van der Waals surface area contributed by atoms with Crippen LogP contribution in [0.5, 0.6) is 0 Å². The number of carbonyl (C=O) groups excluding carboxylic acids is 2. The molecule has 0 bridgehead atoms. The molecule has 3 rings (SSSR count). The maximum atomic E-state index is 12.3. The van der Waals surface area contributed by atoms with Gasteiger partial charge in [-0.3, -0.25) is 9.59 Å². The first-order valence-corrected chi connectivity index (χ1v) is 9.37. The number of anilines is 1. The van der Waals surface area contributed by atoms with Gasteiger partial charge in [0.2, 0.25) is 11.8 Å². The number of nitrogens with zero attached hydrogens (tertiary/aromatic N) is 1. The standard InChI is InChI=1S/C20H20Cl2N2O2/c21-16-8-7-15(18(22)12-16)11-19(25)23-17-5-3-4-14(10-17)13-24-9-2-1-6-20(24)26/h3-5,7-8,10,12H,1-2,6,9,11,13H2,(H,23,25). The number of carbonyl (C=O) groups is 2. The zero-order valence-electron chi connectivity index (χ0n) is 14.3. The summed E-state index contributed by atoms with van der Waals surface area (Å²) in [7, 11) is 0. The lowest BCUT2D eigenvalue weighted by molar-refractivity contribution is -0.133. The fourth-order valence-electron chi connectivity index (χ4n) is 3.04. The van der Waals surface area contributed by atoms with Gasteiger partial charge in [0.1, 0.15) is 0 Å². The lowest BCUT2D eigenvalue weighted by Crippen LogP contribution is -2.34. The SMILES string of the molecule is O=C(Cc1ccc(Cl)cc1Cl)Nc1cccc(CN2CCCCC2=O)c1. The normalized spacial score (nSPS) is 14.4. The maximum Gasteiger partial charge on any atom is 0.228 e. The summed E-state index contributed by atoms with van der Waals surface area (Å²) in [4.78, 5) is 26.1. The molecule has 1 fully saturated rings. The Morgan fingerprint density at radius 3 is 2.73 bits per heavy atom. The van der Waals surface area contributed by atoms with Crippen LogP contribution in [-0.2, 0) is 22.6 Å². The van der Waals surface area contributed by atoms with Crippen molar-refractivity contribution >= 4 is 40.7 Å². The van der Waals surface area contributed by atoms with Gasteiger partial charge in [-0.05, 0) is 48.2 Å². The van der Waals surface area contributed by atoms with Crippen molar-refractivity contribution in [3.8, 4) is 0 Å². The van der Waals surface area contributed by atoms with Crippen molar-refractivity contribution < 1.29 is 9.59 Å². The Hall–Kier alpha value is -2.04. The highest BCUT2D eigenvalue weighted by molar-refractivity contribution is 6.35. The molecular formula is C20H20Cl2N2O2. The van der Waals surface area contributed by atoms with Crippen LogP contribution in [0.3, 0.4) is 0 Å². The van der Waals surface area contributed by atoms with Crippen molar-refractivity contribution in [1.29, 1.82) is 0 Å². The second-order valence-electron chi connectivity index (χ2n) is 6.43. The van der Waals surface area contributed by atoms with Gasteiger partial charge in [-0.2, -0.15) is 0 Å². The Bertz CT molecular complexity index is 823. The summed E-state index contributed by atoms with van der Waals surface area (Å²) in [5.41, 5.74) is 2.44. The molecule has 26 heavy (non-hydrogen) atoms. The predicted molar refractivity (Wildman–Crippen MR) is 105 cm³/mol. The lowest BCUT2D eigenvalue weighted by atomic mass is 10.1. The highest BCUT2D eigenvalue weighted by atomic mass is 35.5. The molecule has 0 atom stereocenters. The van der Waals surface area contributed by atoms with Crippen LogP contribution in [0.25, 0.3) is 0 Å². The van der Waals surface area contributed by atoms with E-state index in [-0.39, 0.29) is 18.2 Å². The Morgan fingerprint density at radius 1 is 1.12 bits per heavy atom. The first-order chi connectivity index (χ1) is 12.5. The minimum atomic E-state index is -0.152. The smallest absolute Gasteiger partial charge is 0.228 e. The highest BCUT2D eigenvalue weighted by Gasteiger charge is 2.18. The van der Waals surface area contributed by atoms with Gasteiger partial charge in [-0.25, -0.2) is 0 Å². The summed E-state index contributed by atoms with van der Waals surface area (Å²) in [6, 6.07) is 12.7. The number of halogens is 2. The fourth-order valence-corrected chi connectivity index (χ4v) is 3.52. The number of piperidine rings is 1. The zero-order chi connectivity index (χ0) is 18.5. The van der Waals surface area contributed by atoms with E-state index in [2.05, 4.69) is 5.32 Å². The van der Waals surface area contributed by atoms with Crippen molar-refractivity contribution in [2.45, 2.75) is 32.2 Å². The second kappa shape index (κ2) is 8.56. The monoisotopic (exact) mass is 390 g/mol. The summed E-state index contributed by atoms with van der Waals surface area (Å²) in [5.74, 6) is 0.0449. The average Bonchev–Trinajstić information content (AvgIpc) is 2.60. The van der Waals surface area contributed by atoms with Gasteiger partial charge in [0.15, 0.2) is 0 Å². The van der Waals surface area contributed by atoms with Crippen molar-refractivity contribution in [3.05, 3.63) is 63.6 Å². The molecule has 2 amide bonds. The van der Waals surface area contributed by atoms with Crippen LogP contribution in [0.2, 0.25) is 10.0 Å². The quantitative estimate of drug-likeness (QED) is 0.804. The molecule has 1 saturated heterocycles. The summed E-state index contributed by atoms with van der Waals surface area (Å²) in [6.07, 6.45) is 2.81. The van der Waals surface area contributed by atoms with E-state index in [0.717, 1.165) is 30.5 Å². The van der Waals surface area contributed by atoms with Gasteiger partial charge < -0.3 is 10.2 Å². The average molecular weight is 391 g/mol. The van der Waals surface area contributed by atoms with Gasteiger partial charge in [-0.1, -0.05) is 41.4 Å². The molecule has 2 aromatic rings. The van der Waals surface area contributed by atoms with Crippen LogP contribution >= 0.6 is 23.2 Å². The number of rotatable bonds is 5. The molecule has 0 radical (unpaired) electrons. The molecule has 1 N–H and O–H groups in total. The van der Waals surface area contributed by atoms with E-state index < -0.39 is 0 Å². The molecule has 1 aliphatic heterocycles. The van der Waals surface area contributed by atoms with Crippen LogP contribution in [-0.4, -0.2) is 23.3 Å². The van der Waals surface area contributed by atoms with Gasteiger partial charge in [0.25, 0.3) is 0 Å².